The number of halogens is 2. The highest BCUT2D eigenvalue weighted by molar-refractivity contribution is 6.19. The van der Waals surface area contributed by atoms with Crippen LogP contribution >= 0.6 is 11.6 Å². The fourth-order valence-electron chi connectivity index (χ4n) is 2.96. The smallest absolute Gasteiger partial charge is 0.142 e. The maximum Gasteiger partial charge on any atom is 0.142 e. The van der Waals surface area contributed by atoms with E-state index >= 15 is 0 Å². The van der Waals surface area contributed by atoms with Crippen LogP contribution < -0.4 is 4.74 Å². The number of alkyl halides is 1. The Morgan fingerprint density at radius 1 is 1.25 bits per heavy atom. The zero-order chi connectivity index (χ0) is 14.5. The van der Waals surface area contributed by atoms with Crippen LogP contribution in [0.25, 0.3) is 0 Å². The molecule has 0 aliphatic heterocycles. The molecule has 1 saturated carbocycles. The second-order valence-electron chi connectivity index (χ2n) is 5.73. The predicted molar refractivity (Wildman–Crippen MR) is 80.6 cm³/mol. The van der Waals surface area contributed by atoms with Crippen molar-refractivity contribution in [2.24, 2.45) is 11.8 Å². The first-order valence-electron chi connectivity index (χ1n) is 7.09. The van der Waals surface area contributed by atoms with E-state index in [4.69, 9.17) is 16.3 Å². The Balaban J connectivity index is 2.05. The van der Waals surface area contributed by atoms with Crippen LogP contribution in [0.2, 0.25) is 0 Å². The van der Waals surface area contributed by atoms with Gasteiger partial charge < -0.3 is 4.74 Å². The van der Waals surface area contributed by atoms with Crippen molar-refractivity contribution in [3.8, 4) is 17.6 Å². The summed E-state index contributed by atoms with van der Waals surface area (Å²) in [5, 5.41) is 0. The molecule has 0 heterocycles. The Morgan fingerprint density at radius 2 is 1.95 bits per heavy atom. The van der Waals surface area contributed by atoms with Crippen molar-refractivity contribution in [1.82, 2.24) is 0 Å². The van der Waals surface area contributed by atoms with E-state index in [2.05, 4.69) is 25.7 Å². The van der Waals surface area contributed by atoms with E-state index in [0.29, 0.717) is 23.1 Å². The van der Waals surface area contributed by atoms with Gasteiger partial charge in [-0.3, -0.25) is 0 Å². The lowest BCUT2D eigenvalue weighted by molar-refractivity contribution is 0.101. The van der Waals surface area contributed by atoms with Gasteiger partial charge in [0.1, 0.15) is 11.6 Å². The Kier molecular flexibility index (Phi) is 5.31. The van der Waals surface area contributed by atoms with Gasteiger partial charge in [-0.15, -0.1) is 11.6 Å². The van der Waals surface area contributed by atoms with Crippen molar-refractivity contribution in [1.29, 1.82) is 0 Å². The monoisotopic (exact) mass is 294 g/mol. The molecule has 0 radical (unpaired) electrons. The standard InChI is InChI=1S/C17H20ClFO/c1-12-8-13(2)10-16(9-12)20-15-6-5-14(4-3-7-18)17(19)11-15/h5-6,11-13,16H,7-10H2,1-2H3. The molecule has 2 atom stereocenters. The molecular formula is C17H20ClFO. The minimum Gasteiger partial charge on any atom is -0.490 e. The van der Waals surface area contributed by atoms with Crippen LogP contribution in [0.15, 0.2) is 18.2 Å². The van der Waals surface area contributed by atoms with Gasteiger partial charge in [-0.2, -0.15) is 0 Å². The Hall–Kier alpha value is -1.20. The van der Waals surface area contributed by atoms with Gasteiger partial charge in [0.05, 0.1) is 17.5 Å². The maximum atomic E-state index is 13.9. The fraction of sp³-hybridized carbons (Fsp3) is 0.529. The highest BCUT2D eigenvalue weighted by Gasteiger charge is 2.25. The van der Waals surface area contributed by atoms with Crippen molar-refractivity contribution in [2.45, 2.75) is 39.2 Å². The Labute approximate surface area is 125 Å². The van der Waals surface area contributed by atoms with Gasteiger partial charge in [0.15, 0.2) is 0 Å². The number of benzene rings is 1. The lowest BCUT2D eigenvalue weighted by Gasteiger charge is -2.31. The summed E-state index contributed by atoms with van der Waals surface area (Å²) >= 11 is 5.47. The minimum absolute atomic E-state index is 0.188. The lowest BCUT2D eigenvalue weighted by atomic mass is 9.82. The summed E-state index contributed by atoms with van der Waals surface area (Å²) < 4.78 is 19.8. The van der Waals surface area contributed by atoms with Crippen molar-refractivity contribution >= 4 is 11.6 Å². The van der Waals surface area contributed by atoms with Crippen LogP contribution in [0.5, 0.6) is 5.75 Å². The van der Waals surface area contributed by atoms with Gasteiger partial charge in [0.25, 0.3) is 0 Å². The van der Waals surface area contributed by atoms with Gasteiger partial charge in [-0.05, 0) is 43.2 Å². The molecule has 2 rings (SSSR count). The van der Waals surface area contributed by atoms with Gasteiger partial charge in [-0.25, -0.2) is 4.39 Å². The van der Waals surface area contributed by atoms with Gasteiger partial charge >= 0.3 is 0 Å². The molecule has 1 fully saturated rings. The third kappa shape index (κ3) is 4.15. The molecule has 1 nitrogen and oxygen atoms in total. The zero-order valence-electron chi connectivity index (χ0n) is 12.0. The SMILES string of the molecule is CC1CC(C)CC(Oc2ccc(C#CCCl)c(F)c2)C1. The normalized spacial score (nSPS) is 25.7. The van der Waals surface area contributed by atoms with Crippen LogP contribution in [-0.4, -0.2) is 12.0 Å². The second kappa shape index (κ2) is 6.99. The van der Waals surface area contributed by atoms with E-state index in [0.717, 1.165) is 12.8 Å². The molecule has 20 heavy (non-hydrogen) atoms. The van der Waals surface area contributed by atoms with Crippen molar-refractivity contribution in [3.05, 3.63) is 29.6 Å². The van der Waals surface area contributed by atoms with Crippen molar-refractivity contribution in [2.75, 3.05) is 5.88 Å². The molecule has 0 N–H and O–H groups in total. The quantitative estimate of drug-likeness (QED) is 0.571. The van der Waals surface area contributed by atoms with Crippen molar-refractivity contribution < 1.29 is 9.13 Å². The molecule has 2 unspecified atom stereocenters. The Morgan fingerprint density at radius 3 is 2.55 bits per heavy atom. The molecule has 0 amide bonds. The maximum absolute atomic E-state index is 13.9. The van der Waals surface area contributed by atoms with E-state index in [1.165, 1.54) is 12.5 Å². The van der Waals surface area contributed by atoms with Crippen LogP contribution in [0.3, 0.4) is 0 Å². The van der Waals surface area contributed by atoms with E-state index in [-0.39, 0.29) is 17.8 Å². The summed E-state index contributed by atoms with van der Waals surface area (Å²) in [5.74, 6) is 7.13. The molecule has 0 spiro atoms. The summed E-state index contributed by atoms with van der Waals surface area (Å²) in [6.45, 7) is 4.49. The number of ether oxygens (including phenoxy) is 1. The summed E-state index contributed by atoms with van der Waals surface area (Å²) in [6, 6.07) is 4.85. The predicted octanol–water partition coefficient (Wildman–Crippen LogP) is 4.62. The molecule has 1 aliphatic carbocycles. The number of hydrogen-bond acceptors (Lipinski definition) is 1. The highest BCUT2D eigenvalue weighted by Crippen LogP contribution is 2.31. The first-order chi connectivity index (χ1) is 9.58. The summed E-state index contributed by atoms with van der Waals surface area (Å²) in [5.41, 5.74) is 0.364. The van der Waals surface area contributed by atoms with Crippen LogP contribution in [0.1, 0.15) is 38.7 Å². The molecule has 0 bridgehead atoms. The topological polar surface area (TPSA) is 9.23 Å². The molecule has 108 valence electrons. The third-order valence-electron chi connectivity index (χ3n) is 3.67. The van der Waals surface area contributed by atoms with Crippen LogP contribution in [0, 0.1) is 29.5 Å². The van der Waals surface area contributed by atoms with Crippen LogP contribution in [0.4, 0.5) is 4.39 Å². The van der Waals surface area contributed by atoms with Crippen molar-refractivity contribution in [3.63, 3.8) is 0 Å². The second-order valence-corrected chi connectivity index (χ2v) is 6.00. The molecular weight excluding hydrogens is 275 g/mol. The minimum atomic E-state index is -0.350. The van der Waals surface area contributed by atoms with E-state index in [1.807, 2.05) is 0 Å². The summed E-state index contributed by atoms with van der Waals surface area (Å²) in [6.07, 6.45) is 3.52. The molecule has 0 saturated heterocycles. The molecule has 3 heteroatoms. The summed E-state index contributed by atoms with van der Waals surface area (Å²) in [7, 11) is 0. The first kappa shape index (κ1) is 15.2. The third-order valence-corrected chi connectivity index (χ3v) is 3.80. The zero-order valence-corrected chi connectivity index (χ0v) is 12.7. The van der Waals surface area contributed by atoms with Gasteiger partial charge in [0.2, 0.25) is 0 Å². The first-order valence-corrected chi connectivity index (χ1v) is 7.63. The number of hydrogen-bond donors (Lipinski definition) is 0. The average molecular weight is 295 g/mol. The fourth-order valence-corrected chi connectivity index (χ4v) is 3.03. The largest absolute Gasteiger partial charge is 0.490 e. The lowest BCUT2D eigenvalue weighted by Crippen LogP contribution is -2.28. The van der Waals surface area contributed by atoms with Gasteiger partial charge in [0, 0.05) is 6.07 Å². The van der Waals surface area contributed by atoms with Crippen LogP contribution in [-0.2, 0) is 0 Å². The Bertz CT molecular complexity index is 507. The number of rotatable bonds is 2. The van der Waals surface area contributed by atoms with E-state index in [9.17, 15) is 4.39 Å². The van der Waals surface area contributed by atoms with E-state index < -0.39 is 0 Å². The molecule has 1 aromatic rings. The average Bonchev–Trinajstić information content (AvgIpc) is 2.36. The summed E-state index contributed by atoms with van der Waals surface area (Å²) in [4.78, 5) is 0. The van der Waals surface area contributed by atoms with E-state index in [1.54, 1.807) is 12.1 Å². The van der Waals surface area contributed by atoms with Gasteiger partial charge in [-0.1, -0.05) is 25.7 Å². The molecule has 1 aliphatic rings. The molecule has 0 aromatic heterocycles. The highest BCUT2D eigenvalue weighted by atomic mass is 35.5. The molecule has 1 aromatic carbocycles.